The van der Waals surface area contributed by atoms with Crippen molar-refractivity contribution in [2.24, 2.45) is 0 Å². The number of hydrogen-bond acceptors (Lipinski definition) is 3. The van der Waals surface area contributed by atoms with Crippen LogP contribution >= 0.6 is 22.6 Å². The number of benzene rings is 2. The molecule has 0 unspecified atom stereocenters. The Morgan fingerprint density at radius 2 is 1.91 bits per heavy atom. The Balaban J connectivity index is 1.92. The minimum atomic E-state index is -0.441. The molecule has 1 N–H and O–H groups in total. The molecule has 3 rings (SSSR count). The summed E-state index contributed by atoms with van der Waals surface area (Å²) in [5.41, 5.74) is 2.23. The van der Waals surface area contributed by atoms with E-state index in [1.165, 1.54) is 6.07 Å². The highest BCUT2D eigenvalue weighted by atomic mass is 127. The molecule has 0 spiro atoms. The third-order valence-electron chi connectivity index (χ3n) is 3.30. The van der Waals surface area contributed by atoms with E-state index in [1.54, 1.807) is 12.1 Å². The molecule has 22 heavy (non-hydrogen) atoms. The number of aromatic nitrogens is 1. The van der Waals surface area contributed by atoms with E-state index in [2.05, 4.69) is 4.98 Å². The van der Waals surface area contributed by atoms with E-state index in [4.69, 9.17) is 4.74 Å². The van der Waals surface area contributed by atoms with Crippen LogP contribution in [-0.2, 0) is 13.2 Å². The molecule has 0 saturated heterocycles. The van der Waals surface area contributed by atoms with Gasteiger partial charge in [-0.25, -0.2) is 9.37 Å². The molecule has 1 aromatic heterocycles. The number of hydrogen-bond donors (Lipinski definition) is 1. The summed E-state index contributed by atoms with van der Waals surface area (Å²) in [5.74, 6) is -0.258. The molecule has 0 amide bonds. The van der Waals surface area contributed by atoms with Gasteiger partial charge in [0.2, 0.25) is 0 Å². The number of aliphatic hydroxyl groups is 1. The van der Waals surface area contributed by atoms with Crippen LogP contribution in [0.3, 0.4) is 0 Å². The molecule has 0 aliphatic rings. The first-order chi connectivity index (χ1) is 10.7. The summed E-state index contributed by atoms with van der Waals surface area (Å²) >= 11 is 2.03. The van der Waals surface area contributed by atoms with Gasteiger partial charge < -0.3 is 9.84 Å². The second-order valence-corrected chi connectivity index (χ2v) is 5.87. The van der Waals surface area contributed by atoms with Crippen molar-refractivity contribution in [3.05, 3.63) is 69.2 Å². The minimum absolute atomic E-state index is 0.0984. The standard InChI is InChI=1S/C17H13FINO2/c18-14-8-15-12(6-13(9-21)17(19)20-15)7-16(14)22-10-11-4-2-1-3-5-11/h1-8,21H,9-10H2. The predicted octanol–water partition coefficient (Wildman–Crippen LogP) is 4.05. The summed E-state index contributed by atoms with van der Waals surface area (Å²) in [4.78, 5) is 4.30. The van der Waals surface area contributed by atoms with Gasteiger partial charge in [-0.3, -0.25) is 0 Å². The molecule has 3 aromatic rings. The fraction of sp³-hybridized carbons (Fsp3) is 0.118. The third-order valence-corrected chi connectivity index (χ3v) is 4.24. The third kappa shape index (κ3) is 3.20. The maximum Gasteiger partial charge on any atom is 0.167 e. The Hall–Kier alpha value is -1.73. The lowest BCUT2D eigenvalue weighted by Gasteiger charge is -2.10. The molecule has 3 nitrogen and oxygen atoms in total. The summed E-state index contributed by atoms with van der Waals surface area (Å²) in [5, 5.41) is 10.0. The number of aliphatic hydroxyl groups excluding tert-OH is 1. The van der Waals surface area contributed by atoms with Gasteiger partial charge in [0.15, 0.2) is 11.6 Å². The lowest BCUT2D eigenvalue weighted by atomic mass is 10.1. The number of rotatable bonds is 4. The predicted molar refractivity (Wildman–Crippen MR) is 91.1 cm³/mol. The quantitative estimate of drug-likeness (QED) is 0.523. The Morgan fingerprint density at radius 1 is 1.14 bits per heavy atom. The lowest BCUT2D eigenvalue weighted by molar-refractivity contribution is 0.280. The molecule has 0 fully saturated rings. The second kappa shape index (κ2) is 6.58. The van der Waals surface area contributed by atoms with E-state index in [1.807, 2.05) is 52.9 Å². The molecule has 2 aromatic carbocycles. The molecular weight excluding hydrogens is 396 g/mol. The summed E-state index contributed by atoms with van der Waals surface area (Å²) in [6.07, 6.45) is 0. The summed E-state index contributed by atoms with van der Waals surface area (Å²) in [6, 6.07) is 14.4. The van der Waals surface area contributed by atoms with E-state index in [9.17, 15) is 9.50 Å². The molecule has 1 heterocycles. The highest BCUT2D eigenvalue weighted by Crippen LogP contribution is 2.26. The topological polar surface area (TPSA) is 42.4 Å². The second-order valence-electron chi connectivity index (χ2n) is 4.85. The van der Waals surface area contributed by atoms with Crippen molar-refractivity contribution < 1.29 is 14.2 Å². The van der Waals surface area contributed by atoms with Crippen molar-refractivity contribution in [1.82, 2.24) is 4.98 Å². The normalized spacial score (nSPS) is 10.9. The van der Waals surface area contributed by atoms with Gasteiger partial charge in [0.05, 0.1) is 12.1 Å². The van der Waals surface area contributed by atoms with Crippen LogP contribution in [0.15, 0.2) is 48.5 Å². The van der Waals surface area contributed by atoms with Crippen LogP contribution in [-0.4, -0.2) is 10.1 Å². The van der Waals surface area contributed by atoms with Crippen molar-refractivity contribution in [2.75, 3.05) is 0 Å². The Bertz CT molecular complexity index is 809. The van der Waals surface area contributed by atoms with Crippen LogP contribution in [0.2, 0.25) is 0 Å². The van der Waals surface area contributed by atoms with Gasteiger partial charge in [-0.2, -0.15) is 0 Å². The zero-order valence-corrected chi connectivity index (χ0v) is 13.7. The molecule has 0 aliphatic heterocycles. The zero-order valence-electron chi connectivity index (χ0n) is 11.6. The van der Waals surface area contributed by atoms with Gasteiger partial charge in [-0.05, 0) is 40.3 Å². The van der Waals surface area contributed by atoms with E-state index in [0.717, 1.165) is 10.9 Å². The molecule has 0 atom stereocenters. The average Bonchev–Trinajstić information content (AvgIpc) is 2.53. The number of pyridine rings is 1. The van der Waals surface area contributed by atoms with Crippen LogP contribution in [0.25, 0.3) is 10.9 Å². The van der Waals surface area contributed by atoms with Crippen molar-refractivity contribution >= 4 is 33.5 Å². The smallest absolute Gasteiger partial charge is 0.167 e. The maximum absolute atomic E-state index is 14.1. The average molecular weight is 409 g/mol. The van der Waals surface area contributed by atoms with E-state index >= 15 is 0 Å². The van der Waals surface area contributed by atoms with Gasteiger partial charge in [-0.15, -0.1) is 0 Å². The van der Waals surface area contributed by atoms with E-state index in [0.29, 0.717) is 21.4 Å². The number of nitrogens with zero attached hydrogens (tertiary/aromatic N) is 1. The van der Waals surface area contributed by atoms with Crippen LogP contribution in [0.1, 0.15) is 11.1 Å². The van der Waals surface area contributed by atoms with Crippen molar-refractivity contribution in [3.8, 4) is 5.75 Å². The Morgan fingerprint density at radius 3 is 2.64 bits per heavy atom. The Kier molecular flexibility index (Phi) is 4.54. The van der Waals surface area contributed by atoms with Crippen LogP contribution < -0.4 is 4.74 Å². The monoisotopic (exact) mass is 409 g/mol. The molecule has 0 radical (unpaired) electrons. The SMILES string of the molecule is OCc1cc2cc(OCc3ccccc3)c(F)cc2nc1I. The fourth-order valence-electron chi connectivity index (χ4n) is 2.15. The molecule has 112 valence electrons. The summed E-state index contributed by atoms with van der Waals surface area (Å²) in [6.45, 7) is 0.201. The fourth-order valence-corrected chi connectivity index (χ4v) is 2.74. The number of fused-ring (bicyclic) bond motifs is 1. The molecule has 0 aliphatic carbocycles. The highest BCUT2D eigenvalue weighted by molar-refractivity contribution is 14.1. The molecule has 0 saturated carbocycles. The highest BCUT2D eigenvalue weighted by Gasteiger charge is 2.10. The first kappa shape index (κ1) is 15.2. The minimum Gasteiger partial charge on any atom is -0.486 e. The number of ether oxygens (including phenoxy) is 1. The van der Waals surface area contributed by atoms with Crippen molar-refractivity contribution in [1.29, 1.82) is 0 Å². The van der Waals surface area contributed by atoms with Crippen LogP contribution in [0.4, 0.5) is 4.39 Å². The summed E-state index contributed by atoms with van der Waals surface area (Å²) in [7, 11) is 0. The molecular formula is C17H13FINO2. The van der Waals surface area contributed by atoms with E-state index in [-0.39, 0.29) is 12.4 Å². The van der Waals surface area contributed by atoms with Gasteiger partial charge >= 0.3 is 0 Å². The molecule has 5 heteroatoms. The van der Waals surface area contributed by atoms with Gasteiger partial charge in [-0.1, -0.05) is 30.3 Å². The zero-order chi connectivity index (χ0) is 15.5. The Labute approximate surface area is 140 Å². The van der Waals surface area contributed by atoms with Gasteiger partial charge in [0.25, 0.3) is 0 Å². The first-order valence-corrected chi connectivity index (χ1v) is 7.81. The largest absolute Gasteiger partial charge is 0.486 e. The number of halogens is 2. The van der Waals surface area contributed by atoms with Gasteiger partial charge in [0, 0.05) is 17.0 Å². The van der Waals surface area contributed by atoms with E-state index < -0.39 is 5.82 Å². The lowest BCUT2D eigenvalue weighted by Crippen LogP contribution is -1.99. The summed E-state index contributed by atoms with van der Waals surface area (Å²) < 4.78 is 20.4. The van der Waals surface area contributed by atoms with Crippen LogP contribution in [0.5, 0.6) is 5.75 Å². The first-order valence-electron chi connectivity index (χ1n) is 6.73. The van der Waals surface area contributed by atoms with Crippen molar-refractivity contribution in [3.63, 3.8) is 0 Å². The van der Waals surface area contributed by atoms with Gasteiger partial charge in [0.1, 0.15) is 10.3 Å². The van der Waals surface area contributed by atoms with Crippen LogP contribution in [0, 0.1) is 9.52 Å². The molecule has 0 bridgehead atoms. The maximum atomic E-state index is 14.1. The van der Waals surface area contributed by atoms with Crippen molar-refractivity contribution in [2.45, 2.75) is 13.2 Å².